The van der Waals surface area contributed by atoms with Crippen LogP contribution in [-0.2, 0) is 0 Å². The van der Waals surface area contributed by atoms with Gasteiger partial charge in [0.1, 0.15) is 5.76 Å². The molecule has 5 heteroatoms. The Hall–Kier alpha value is -3.26. The van der Waals surface area contributed by atoms with Crippen LogP contribution in [0.25, 0.3) is 22.3 Å². The molecule has 2 aromatic carbocycles. The number of hydrogen-bond acceptors (Lipinski definition) is 5. The van der Waals surface area contributed by atoms with Crippen LogP contribution in [0.15, 0.2) is 45.6 Å². The van der Waals surface area contributed by atoms with Crippen molar-refractivity contribution in [2.75, 3.05) is 11.5 Å². The van der Waals surface area contributed by atoms with Crippen LogP contribution in [0.4, 0.5) is 11.4 Å². The zero-order valence-corrected chi connectivity index (χ0v) is 11.9. The van der Waals surface area contributed by atoms with Gasteiger partial charge in [-0.3, -0.25) is 4.79 Å². The molecule has 0 amide bonds. The molecule has 0 bridgehead atoms. The molecule has 108 valence electrons. The zero-order chi connectivity index (χ0) is 15.9. The third kappa shape index (κ3) is 2.07. The van der Waals surface area contributed by atoms with Gasteiger partial charge in [-0.25, -0.2) is 0 Å². The molecule has 0 saturated carbocycles. The molecule has 0 saturated heterocycles. The Kier molecular flexibility index (Phi) is 3.08. The Balaban J connectivity index is 2.28. The van der Waals surface area contributed by atoms with Crippen LogP contribution in [0.2, 0.25) is 0 Å². The Morgan fingerprint density at radius 1 is 1.09 bits per heavy atom. The molecule has 0 aliphatic heterocycles. The van der Waals surface area contributed by atoms with Gasteiger partial charge in [0.15, 0.2) is 11.0 Å². The Morgan fingerprint density at radius 2 is 1.77 bits per heavy atom. The molecule has 3 rings (SSSR count). The van der Waals surface area contributed by atoms with E-state index in [2.05, 4.69) is 0 Å². The van der Waals surface area contributed by atoms with Gasteiger partial charge in [-0.05, 0) is 42.8 Å². The molecule has 5 nitrogen and oxygen atoms in total. The number of fused-ring (bicyclic) bond motifs is 1. The van der Waals surface area contributed by atoms with E-state index in [1.54, 1.807) is 37.3 Å². The van der Waals surface area contributed by atoms with Crippen LogP contribution in [0.3, 0.4) is 0 Å². The van der Waals surface area contributed by atoms with E-state index in [0.717, 1.165) is 5.56 Å². The first-order valence-corrected chi connectivity index (χ1v) is 6.64. The second-order valence-electron chi connectivity index (χ2n) is 5.06. The van der Waals surface area contributed by atoms with Gasteiger partial charge in [0, 0.05) is 11.6 Å². The van der Waals surface area contributed by atoms with Crippen molar-refractivity contribution in [2.24, 2.45) is 0 Å². The predicted octanol–water partition coefficient (Wildman–Crippen LogP) is 2.80. The number of nitriles is 1. The summed E-state index contributed by atoms with van der Waals surface area (Å²) in [5.41, 5.74) is 14.6. The number of nitrogens with zero attached hydrogens (tertiary/aromatic N) is 1. The first-order valence-electron chi connectivity index (χ1n) is 6.64. The summed E-state index contributed by atoms with van der Waals surface area (Å²) < 4.78 is 5.78. The summed E-state index contributed by atoms with van der Waals surface area (Å²) in [7, 11) is 0. The van der Waals surface area contributed by atoms with Crippen molar-refractivity contribution in [3.63, 3.8) is 0 Å². The van der Waals surface area contributed by atoms with Crippen molar-refractivity contribution >= 4 is 22.3 Å². The molecule has 0 fully saturated rings. The van der Waals surface area contributed by atoms with Gasteiger partial charge in [0.25, 0.3) is 0 Å². The summed E-state index contributed by atoms with van der Waals surface area (Å²) in [6, 6.07) is 11.9. The lowest BCUT2D eigenvalue weighted by Gasteiger charge is -2.09. The van der Waals surface area contributed by atoms with Crippen molar-refractivity contribution in [3.05, 3.63) is 57.7 Å². The lowest BCUT2D eigenvalue weighted by atomic mass is 10.1. The van der Waals surface area contributed by atoms with E-state index in [0.29, 0.717) is 28.0 Å². The summed E-state index contributed by atoms with van der Waals surface area (Å²) >= 11 is 0. The largest absolute Gasteiger partial charge is 0.454 e. The number of rotatable bonds is 1. The maximum atomic E-state index is 12.3. The molecule has 0 atom stereocenters. The second kappa shape index (κ2) is 4.93. The highest BCUT2D eigenvalue weighted by molar-refractivity contribution is 5.96. The minimum Gasteiger partial charge on any atom is -0.454 e. The van der Waals surface area contributed by atoms with Crippen LogP contribution in [0.1, 0.15) is 11.1 Å². The SMILES string of the molecule is Cc1cc2c(=O)cc(-c3ccc(C#N)cc3)oc2c(N)c1N. The molecule has 22 heavy (non-hydrogen) atoms. The highest BCUT2D eigenvalue weighted by Gasteiger charge is 2.13. The molecular weight excluding hydrogens is 278 g/mol. The van der Waals surface area contributed by atoms with Crippen molar-refractivity contribution in [2.45, 2.75) is 6.92 Å². The molecular formula is C17H13N3O2. The molecule has 1 aromatic heterocycles. The maximum Gasteiger partial charge on any atom is 0.193 e. The molecule has 0 aliphatic rings. The molecule has 0 radical (unpaired) electrons. The zero-order valence-electron chi connectivity index (χ0n) is 11.9. The monoisotopic (exact) mass is 291 g/mol. The fourth-order valence-electron chi connectivity index (χ4n) is 2.32. The minimum absolute atomic E-state index is 0.185. The van der Waals surface area contributed by atoms with Crippen LogP contribution in [0.5, 0.6) is 0 Å². The average Bonchev–Trinajstić information content (AvgIpc) is 2.54. The predicted molar refractivity (Wildman–Crippen MR) is 86.2 cm³/mol. The molecule has 0 aliphatic carbocycles. The number of hydrogen-bond donors (Lipinski definition) is 2. The van der Waals surface area contributed by atoms with E-state index in [1.807, 2.05) is 6.07 Å². The van der Waals surface area contributed by atoms with E-state index in [-0.39, 0.29) is 16.7 Å². The van der Waals surface area contributed by atoms with Gasteiger partial charge >= 0.3 is 0 Å². The summed E-state index contributed by atoms with van der Waals surface area (Å²) in [4.78, 5) is 12.3. The summed E-state index contributed by atoms with van der Waals surface area (Å²) in [5, 5.41) is 9.23. The molecule has 4 N–H and O–H groups in total. The molecule has 0 spiro atoms. The van der Waals surface area contributed by atoms with Crippen molar-refractivity contribution in [1.82, 2.24) is 0 Å². The van der Waals surface area contributed by atoms with Crippen molar-refractivity contribution in [1.29, 1.82) is 5.26 Å². The number of nitrogen functional groups attached to an aromatic ring is 2. The lowest BCUT2D eigenvalue weighted by molar-refractivity contribution is 0.620. The summed E-state index contributed by atoms with van der Waals surface area (Å²) in [5.74, 6) is 0.386. The molecule has 1 heterocycles. The molecule has 3 aromatic rings. The van der Waals surface area contributed by atoms with Crippen molar-refractivity contribution < 1.29 is 4.42 Å². The Labute approximate surface area is 126 Å². The fraction of sp³-hybridized carbons (Fsp3) is 0.0588. The Bertz CT molecular complexity index is 980. The standard InChI is InChI=1S/C17H13N3O2/c1-9-6-12-13(21)7-14(22-17(12)16(20)15(9)19)11-4-2-10(8-18)3-5-11/h2-7H,19-20H2,1H3. The van der Waals surface area contributed by atoms with Crippen molar-refractivity contribution in [3.8, 4) is 17.4 Å². The Morgan fingerprint density at radius 3 is 2.41 bits per heavy atom. The minimum atomic E-state index is -0.185. The fourth-order valence-corrected chi connectivity index (χ4v) is 2.32. The van der Waals surface area contributed by atoms with Gasteiger partial charge in [0.2, 0.25) is 0 Å². The van der Waals surface area contributed by atoms with Gasteiger partial charge in [-0.15, -0.1) is 0 Å². The first kappa shape index (κ1) is 13.7. The van der Waals surface area contributed by atoms with E-state index < -0.39 is 0 Å². The molecule has 0 unspecified atom stereocenters. The van der Waals surface area contributed by atoms with Gasteiger partial charge in [-0.2, -0.15) is 5.26 Å². The highest BCUT2D eigenvalue weighted by atomic mass is 16.3. The van der Waals surface area contributed by atoms with Gasteiger partial charge in [0.05, 0.1) is 28.4 Å². The quantitative estimate of drug-likeness (QED) is 0.670. The van der Waals surface area contributed by atoms with Crippen LogP contribution in [0, 0.1) is 18.3 Å². The van der Waals surface area contributed by atoms with Crippen LogP contribution < -0.4 is 16.9 Å². The van der Waals surface area contributed by atoms with E-state index >= 15 is 0 Å². The number of aryl methyl sites for hydroxylation is 1. The highest BCUT2D eigenvalue weighted by Crippen LogP contribution is 2.31. The smallest absolute Gasteiger partial charge is 0.193 e. The van der Waals surface area contributed by atoms with E-state index in [4.69, 9.17) is 21.1 Å². The normalized spacial score (nSPS) is 10.5. The summed E-state index contributed by atoms with van der Waals surface area (Å²) in [6.07, 6.45) is 0. The van der Waals surface area contributed by atoms with Gasteiger partial charge < -0.3 is 15.9 Å². The third-order valence-corrected chi connectivity index (χ3v) is 3.60. The second-order valence-corrected chi connectivity index (χ2v) is 5.06. The maximum absolute atomic E-state index is 12.3. The third-order valence-electron chi connectivity index (χ3n) is 3.60. The van der Waals surface area contributed by atoms with Gasteiger partial charge in [-0.1, -0.05) is 0 Å². The topological polar surface area (TPSA) is 106 Å². The van der Waals surface area contributed by atoms with Crippen LogP contribution in [-0.4, -0.2) is 0 Å². The van der Waals surface area contributed by atoms with Crippen LogP contribution >= 0.6 is 0 Å². The van der Waals surface area contributed by atoms with E-state index in [9.17, 15) is 4.79 Å². The number of benzene rings is 2. The first-order chi connectivity index (χ1) is 10.5. The average molecular weight is 291 g/mol. The number of anilines is 2. The summed E-state index contributed by atoms with van der Waals surface area (Å²) in [6.45, 7) is 1.79. The van der Waals surface area contributed by atoms with E-state index in [1.165, 1.54) is 6.07 Å². The lowest BCUT2D eigenvalue weighted by Crippen LogP contribution is -2.05. The number of nitrogens with two attached hydrogens (primary N) is 2.